The highest BCUT2D eigenvalue weighted by molar-refractivity contribution is 6.04. The summed E-state index contributed by atoms with van der Waals surface area (Å²) < 4.78 is 43.5. The maximum Gasteiger partial charge on any atom is 0.345 e. The van der Waals surface area contributed by atoms with E-state index in [9.17, 15) is 8.78 Å². The Morgan fingerprint density at radius 3 is 2.59 bits per heavy atom. The normalized spacial score (nSPS) is 16.2. The SMILES string of the molecule is Cc1cc2c(cc1-c1c(C)noc1C)ncc1nc(C3CCOCC3)n([C@H](C)COC(F)F)c12. The smallest absolute Gasteiger partial charge is 0.345 e. The van der Waals surface area contributed by atoms with Crippen LogP contribution in [0, 0.1) is 20.8 Å². The second kappa shape index (κ2) is 9.03. The Kier molecular flexibility index (Phi) is 6.07. The maximum absolute atomic E-state index is 12.9. The summed E-state index contributed by atoms with van der Waals surface area (Å²) >= 11 is 0. The van der Waals surface area contributed by atoms with Crippen molar-refractivity contribution in [3.05, 3.63) is 41.2 Å². The molecule has 1 aromatic carbocycles. The molecule has 0 bridgehead atoms. The number of imidazole rings is 1. The van der Waals surface area contributed by atoms with Gasteiger partial charge in [-0.2, -0.15) is 8.78 Å². The van der Waals surface area contributed by atoms with E-state index >= 15 is 0 Å². The highest BCUT2D eigenvalue weighted by Gasteiger charge is 2.27. The molecule has 9 heteroatoms. The number of nitrogens with zero attached hydrogens (tertiary/aromatic N) is 4. The first kappa shape index (κ1) is 22.9. The maximum atomic E-state index is 12.9. The van der Waals surface area contributed by atoms with Crippen LogP contribution in [0.5, 0.6) is 0 Å². The van der Waals surface area contributed by atoms with E-state index in [0.29, 0.717) is 13.2 Å². The Bertz CT molecular complexity index is 1320. The summed E-state index contributed by atoms with van der Waals surface area (Å²) in [6.07, 6.45) is 3.45. The molecule has 180 valence electrons. The lowest BCUT2D eigenvalue weighted by Gasteiger charge is -2.25. The largest absolute Gasteiger partial charge is 0.381 e. The fourth-order valence-corrected chi connectivity index (χ4v) is 5.06. The fraction of sp³-hybridized carbons (Fsp3) is 0.480. The van der Waals surface area contributed by atoms with Gasteiger partial charge in [-0.1, -0.05) is 5.16 Å². The molecule has 7 nitrogen and oxygen atoms in total. The minimum Gasteiger partial charge on any atom is -0.381 e. The van der Waals surface area contributed by atoms with Gasteiger partial charge in [-0.15, -0.1) is 0 Å². The van der Waals surface area contributed by atoms with Gasteiger partial charge in [0.2, 0.25) is 0 Å². The van der Waals surface area contributed by atoms with Crippen LogP contribution in [0.3, 0.4) is 0 Å². The molecule has 0 saturated carbocycles. The van der Waals surface area contributed by atoms with E-state index in [-0.39, 0.29) is 18.6 Å². The molecule has 1 atom stereocenters. The molecule has 0 N–H and O–H groups in total. The quantitative estimate of drug-likeness (QED) is 0.351. The topological polar surface area (TPSA) is 75.2 Å². The van der Waals surface area contributed by atoms with Gasteiger partial charge in [0.1, 0.15) is 17.1 Å². The van der Waals surface area contributed by atoms with E-state index in [2.05, 4.69) is 15.8 Å². The number of hydrogen-bond donors (Lipinski definition) is 0. The fourth-order valence-electron chi connectivity index (χ4n) is 5.06. The van der Waals surface area contributed by atoms with Crippen LogP contribution in [-0.2, 0) is 9.47 Å². The van der Waals surface area contributed by atoms with E-state index in [1.54, 1.807) is 6.20 Å². The summed E-state index contributed by atoms with van der Waals surface area (Å²) in [5, 5.41) is 5.03. The molecule has 0 radical (unpaired) electrons. The summed E-state index contributed by atoms with van der Waals surface area (Å²) in [5.41, 5.74) is 6.30. The van der Waals surface area contributed by atoms with Crippen LogP contribution in [-0.4, -0.2) is 46.1 Å². The standard InChI is InChI=1S/C25H28F2N4O3/c1-13-9-19-20(10-18(13)22-15(3)30-34-16(22)4)28-11-21-23(19)31(14(2)12-33-25(26)27)24(29-21)17-5-7-32-8-6-17/h9-11,14,17,25H,5-8,12H2,1-4H3/t14-/m1/s1. The van der Waals surface area contributed by atoms with Gasteiger partial charge in [-0.3, -0.25) is 4.98 Å². The van der Waals surface area contributed by atoms with Crippen molar-refractivity contribution in [2.75, 3.05) is 19.8 Å². The second-order valence-corrected chi connectivity index (χ2v) is 9.05. The zero-order chi connectivity index (χ0) is 24.0. The van der Waals surface area contributed by atoms with Crippen molar-refractivity contribution >= 4 is 21.9 Å². The molecule has 1 saturated heterocycles. The molecule has 0 amide bonds. The Morgan fingerprint density at radius 1 is 1.15 bits per heavy atom. The zero-order valence-corrected chi connectivity index (χ0v) is 19.8. The lowest BCUT2D eigenvalue weighted by atomic mass is 9.96. The van der Waals surface area contributed by atoms with E-state index in [1.165, 1.54) is 0 Å². The van der Waals surface area contributed by atoms with Crippen LogP contribution < -0.4 is 0 Å². The summed E-state index contributed by atoms with van der Waals surface area (Å²) in [6.45, 7) is 6.15. The van der Waals surface area contributed by atoms with E-state index in [4.69, 9.17) is 24.0 Å². The summed E-state index contributed by atoms with van der Waals surface area (Å²) in [4.78, 5) is 9.65. The lowest BCUT2D eigenvalue weighted by Crippen LogP contribution is -2.22. The number of pyridine rings is 1. The molecule has 1 aliphatic heterocycles. The van der Waals surface area contributed by atoms with Crippen LogP contribution in [0.25, 0.3) is 33.1 Å². The number of rotatable bonds is 6. The van der Waals surface area contributed by atoms with Crippen LogP contribution in [0.15, 0.2) is 22.9 Å². The number of halogens is 2. The Balaban J connectivity index is 1.72. The molecule has 4 aromatic rings. The molecular weight excluding hydrogens is 442 g/mol. The summed E-state index contributed by atoms with van der Waals surface area (Å²) in [7, 11) is 0. The Hall–Kier alpha value is -2.91. The van der Waals surface area contributed by atoms with Gasteiger partial charge >= 0.3 is 6.61 Å². The number of aryl methyl sites for hydroxylation is 3. The molecule has 0 unspecified atom stereocenters. The summed E-state index contributed by atoms with van der Waals surface area (Å²) in [6, 6.07) is 3.81. The van der Waals surface area contributed by atoms with Crippen molar-refractivity contribution in [2.24, 2.45) is 0 Å². The van der Waals surface area contributed by atoms with Crippen molar-refractivity contribution < 1.29 is 22.8 Å². The van der Waals surface area contributed by atoms with Crippen molar-refractivity contribution in [3.63, 3.8) is 0 Å². The first-order valence-corrected chi connectivity index (χ1v) is 11.6. The van der Waals surface area contributed by atoms with Crippen molar-refractivity contribution in [2.45, 2.75) is 59.1 Å². The van der Waals surface area contributed by atoms with Gasteiger partial charge in [0.15, 0.2) is 0 Å². The molecule has 1 aliphatic rings. The number of hydrogen-bond acceptors (Lipinski definition) is 6. The first-order valence-electron chi connectivity index (χ1n) is 11.6. The van der Waals surface area contributed by atoms with E-state index in [1.807, 2.05) is 33.8 Å². The van der Waals surface area contributed by atoms with Crippen molar-refractivity contribution in [3.8, 4) is 11.1 Å². The third-order valence-corrected chi connectivity index (χ3v) is 6.68. The zero-order valence-electron chi connectivity index (χ0n) is 19.8. The Morgan fingerprint density at radius 2 is 1.91 bits per heavy atom. The molecule has 34 heavy (non-hydrogen) atoms. The summed E-state index contributed by atoms with van der Waals surface area (Å²) in [5.74, 6) is 1.82. The highest BCUT2D eigenvalue weighted by Crippen LogP contribution is 2.38. The lowest BCUT2D eigenvalue weighted by molar-refractivity contribution is -0.135. The minimum atomic E-state index is -2.82. The average Bonchev–Trinajstić information content (AvgIpc) is 3.38. The van der Waals surface area contributed by atoms with Gasteiger partial charge in [-0.25, -0.2) is 4.98 Å². The first-order chi connectivity index (χ1) is 16.3. The van der Waals surface area contributed by atoms with Crippen molar-refractivity contribution in [1.29, 1.82) is 0 Å². The highest BCUT2D eigenvalue weighted by atomic mass is 19.3. The van der Waals surface area contributed by atoms with Gasteiger partial charge in [-0.05, 0) is 63.8 Å². The molecule has 3 aromatic heterocycles. The molecular formula is C25H28F2N4O3. The van der Waals surface area contributed by atoms with E-state index < -0.39 is 6.61 Å². The third-order valence-electron chi connectivity index (χ3n) is 6.68. The monoisotopic (exact) mass is 470 g/mol. The number of alkyl halides is 2. The van der Waals surface area contributed by atoms with Crippen LogP contribution in [0.4, 0.5) is 8.78 Å². The third kappa shape index (κ3) is 3.96. The minimum absolute atomic E-state index is 0.112. The molecule has 4 heterocycles. The number of fused-ring (bicyclic) bond motifs is 3. The van der Waals surface area contributed by atoms with Crippen molar-refractivity contribution in [1.82, 2.24) is 19.7 Å². The predicted molar refractivity (Wildman–Crippen MR) is 124 cm³/mol. The van der Waals surface area contributed by atoms with Gasteiger partial charge in [0.05, 0.1) is 35.6 Å². The predicted octanol–water partition coefficient (Wildman–Crippen LogP) is 5.86. The molecule has 5 rings (SSSR count). The molecule has 0 spiro atoms. The Labute approximate surface area is 196 Å². The van der Waals surface area contributed by atoms with Crippen LogP contribution in [0.2, 0.25) is 0 Å². The van der Waals surface area contributed by atoms with Crippen LogP contribution in [0.1, 0.15) is 54.6 Å². The van der Waals surface area contributed by atoms with Gasteiger partial charge in [0.25, 0.3) is 0 Å². The molecule has 1 fully saturated rings. The van der Waals surface area contributed by atoms with Crippen LogP contribution >= 0.6 is 0 Å². The van der Waals surface area contributed by atoms with Gasteiger partial charge in [0, 0.05) is 30.1 Å². The number of aromatic nitrogens is 4. The average molecular weight is 471 g/mol. The molecule has 0 aliphatic carbocycles. The van der Waals surface area contributed by atoms with E-state index in [0.717, 1.165) is 68.7 Å². The van der Waals surface area contributed by atoms with Gasteiger partial charge < -0.3 is 18.6 Å². The second-order valence-electron chi connectivity index (χ2n) is 9.05. The number of benzene rings is 1. The number of ether oxygens (including phenoxy) is 2.